The monoisotopic (exact) mass is 310 g/mol. The molecule has 0 heterocycles. The maximum absolute atomic E-state index is 11.8. The van der Waals surface area contributed by atoms with Crippen molar-refractivity contribution < 1.29 is 4.79 Å². The Morgan fingerprint density at radius 2 is 2.06 bits per heavy atom. The molecule has 98 valence electrons. The van der Waals surface area contributed by atoms with Crippen LogP contribution < -0.4 is 10.6 Å². The number of benzene rings is 1. The van der Waals surface area contributed by atoms with Crippen molar-refractivity contribution in [3.8, 4) is 0 Å². The van der Waals surface area contributed by atoms with Crippen LogP contribution in [0.2, 0.25) is 0 Å². The Hall–Kier alpha value is -0.870. The first-order valence-electron chi connectivity index (χ1n) is 6.42. The minimum absolute atomic E-state index is 0.0249. The van der Waals surface area contributed by atoms with Gasteiger partial charge in [0.2, 0.25) is 5.91 Å². The SMILES string of the molecule is CC1CCC(NCC(=O)Nc2ccc(Br)cc2)C1. The lowest BCUT2D eigenvalue weighted by Gasteiger charge is -2.12. The van der Waals surface area contributed by atoms with E-state index in [1.54, 1.807) is 0 Å². The van der Waals surface area contributed by atoms with Gasteiger partial charge in [0.05, 0.1) is 6.54 Å². The van der Waals surface area contributed by atoms with E-state index in [9.17, 15) is 4.79 Å². The van der Waals surface area contributed by atoms with Crippen molar-refractivity contribution in [1.29, 1.82) is 0 Å². The van der Waals surface area contributed by atoms with Gasteiger partial charge in [-0.25, -0.2) is 0 Å². The molecule has 1 aromatic rings. The number of hydrogen-bond acceptors (Lipinski definition) is 2. The second-order valence-electron chi connectivity index (χ2n) is 5.05. The third kappa shape index (κ3) is 4.10. The lowest BCUT2D eigenvalue weighted by atomic mass is 10.1. The number of amides is 1. The summed E-state index contributed by atoms with van der Waals surface area (Å²) in [5.74, 6) is 0.814. The Kier molecular flexibility index (Phi) is 4.78. The molecule has 2 atom stereocenters. The van der Waals surface area contributed by atoms with E-state index in [2.05, 4.69) is 33.5 Å². The molecule has 2 N–H and O–H groups in total. The summed E-state index contributed by atoms with van der Waals surface area (Å²) in [6, 6.07) is 8.12. The summed E-state index contributed by atoms with van der Waals surface area (Å²) in [5.41, 5.74) is 0.838. The largest absolute Gasteiger partial charge is 0.325 e. The highest BCUT2D eigenvalue weighted by molar-refractivity contribution is 9.10. The standard InChI is InChI=1S/C14H19BrN2O/c1-10-2-5-13(8-10)16-9-14(18)17-12-6-3-11(15)4-7-12/h3-4,6-7,10,13,16H,2,5,8-9H2,1H3,(H,17,18). The van der Waals surface area contributed by atoms with Crippen molar-refractivity contribution in [2.24, 2.45) is 5.92 Å². The molecule has 0 aromatic heterocycles. The number of nitrogens with one attached hydrogen (secondary N) is 2. The number of rotatable bonds is 4. The van der Waals surface area contributed by atoms with Gasteiger partial charge in [0, 0.05) is 16.2 Å². The molecule has 4 heteroatoms. The number of carbonyl (C=O) groups excluding carboxylic acids is 1. The van der Waals surface area contributed by atoms with Crippen LogP contribution in [0, 0.1) is 5.92 Å². The lowest BCUT2D eigenvalue weighted by Crippen LogP contribution is -2.34. The highest BCUT2D eigenvalue weighted by Crippen LogP contribution is 2.24. The van der Waals surface area contributed by atoms with Crippen LogP contribution in [0.4, 0.5) is 5.69 Å². The molecule has 2 unspecified atom stereocenters. The van der Waals surface area contributed by atoms with E-state index in [-0.39, 0.29) is 5.91 Å². The molecular formula is C14H19BrN2O. The highest BCUT2D eigenvalue weighted by atomic mass is 79.9. The lowest BCUT2D eigenvalue weighted by molar-refractivity contribution is -0.115. The Morgan fingerprint density at radius 3 is 2.67 bits per heavy atom. The zero-order valence-electron chi connectivity index (χ0n) is 10.6. The van der Waals surface area contributed by atoms with Gasteiger partial charge in [0.1, 0.15) is 0 Å². The van der Waals surface area contributed by atoms with Gasteiger partial charge < -0.3 is 10.6 Å². The number of carbonyl (C=O) groups is 1. The molecule has 1 aliphatic rings. The molecule has 0 spiro atoms. The van der Waals surface area contributed by atoms with Gasteiger partial charge in [0.25, 0.3) is 0 Å². The summed E-state index contributed by atoms with van der Waals surface area (Å²) in [6.45, 7) is 2.66. The summed E-state index contributed by atoms with van der Waals surface area (Å²) < 4.78 is 1.01. The molecule has 1 aliphatic carbocycles. The van der Waals surface area contributed by atoms with Crippen molar-refractivity contribution in [2.75, 3.05) is 11.9 Å². The number of halogens is 1. The average Bonchev–Trinajstić information content (AvgIpc) is 2.76. The van der Waals surface area contributed by atoms with E-state index in [1.165, 1.54) is 19.3 Å². The van der Waals surface area contributed by atoms with Crippen molar-refractivity contribution >= 4 is 27.5 Å². The molecule has 1 amide bonds. The predicted octanol–water partition coefficient (Wildman–Crippen LogP) is 3.17. The van der Waals surface area contributed by atoms with Gasteiger partial charge >= 0.3 is 0 Å². The van der Waals surface area contributed by atoms with Gasteiger partial charge in [-0.05, 0) is 49.4 Å². The van der Waals surface area contributed by atoms with Crippen LogP contribution in [0.15, 0.2) is 28.7 Å². The maximum Gasteiger partial charge on any atom is 0.238 e. The Labute approximate surface area is 116 Å². The Morgan fingerprint density at radius 1 is 1.33 bits per heavy atom. The van der Waals surface area contributed by atoms with E-state index < -0.39 is 0 Å². The third-order valence-electron chi connectivity index (χ3n) is 3.37. The fourth-order valence-electron chi connectivity index (χ4n) is 2.37. The van der Waals surface area contributed by atoms with E-state index in [0.717, 1.165) is 16.1 Å². The molecule has 3 nitrogen and oxygen atoms in total. The van der Waals surface area contributed by atoms with Crippen LogP contribution in [0.1, 0.15) is 26.2 Å². The van der Waals surface area contributed by atoms with Crippen LogP contribution in [0.5, 0.6) is 0 Å². The zero-order valence-corrected chi connectivity index (χ0v) is 12.2. The van der Waals surface area contributed by atoms with Gasteiger partial charge in [-0.3, -0.25) is 4.79 Å². The summed E-state index contributed by atoms with van der Waals surface area (Å²) in [7, 11) is 0. The molecule has 1 saturated carbocycles. The van der Waals surface area contributed by atoms with Crippen LogP contribution in [-0.4, -0.2) is 18.5 Å². The molecule has 1 aromatic carbocycles. The van der Waals surface area contributed by atoms with E-state index >= 15 is 0 Å². The summed E-state index contributed by atoms with van der Waals surface area (Å²) in [6.07, 6.45) is 3.64. The van der Waals surface area contributed by atoms with Crippen LogP contribution in [-0.2, 0) is 4.79 Å². The molecule has 0 aliphatic heterocycles. The first-order valence-corrected chi connectivity index (χ1v) is 7.21. The van der Waals surface area contributed by atoms with Gasteiger partial charge in [-0.15, -0.1) is 0 Å². The summed E-state index contributed by atoms with van der Waals surface area (Å²) in [4.78, 5) is 11.8. The highest BCUT2D eigenvalue weighted by Gasteiger charge is 2.21. The molecule has 2 rings (SSSR count). The van der Waals surface area contributed by atoms with Crippen molar-refractivity contribution in [3.05, 3.63) is 28.7 Å². The maximum atomic E-state index is 11.8. The third-order valence-corrected chi connectivity index (χ3v) is 3.90. The Balaban J connectivity index is 1.73. The predicted molar refractivity (Wildman–Crippen MR) is 77.6 cm³/mol. The number of hydrogen-bond donors (Lipinski definition) is 2. The number of anilines is 1. The van der Waals surface area contributed by atoms with Crippen molar-refractivity contribution in [2.45, 2.75) is 32.2 Å². The zero-order chi connectivity index (χ0) is 13.0. The molecule has 1 fully saturated rings. The van der Waals surface area contributed by atoms with E-state index in [1.807, 2.05) is 24.3 Å². The van der Waals surface area contributed by atoms with Crippen molar-refractivity contribution in [1.82, 2.24) is 5.32 Å². The smallest absolute Gasteiger partial charge is 0.238 e. The summed E-state index contributed by atoms with van der Waals surface area (Å²) >= 11 is 3.37. The molecule has 0 bridgehead atoms. The normalized spacial score (nSPS) is 23.0. The van der Waals surface area contributed by atoms with Gasteiger partial charge in [-0.1, -0.05) is 22.9 Å². The second kappa shape index (κ2) is 6.34. The molecule has 0 radical (unpaired) electrons. The average molecular weight is 311 g/mol. The second-order valence-corrected chi connectivity index (χ2v) is 5.97. The van der Waals surface area contributed by atoms with Crippen molar-refractivity contribution in [3.63, 3.8) is 0 Å². The fourth-order valence-corrected chi connectivity index (χ4v) is 2.63. The molecule has 0 saturated heterocycles. The van der Waals surface area contributed by atoms with Gasteiger partial charge in [-0.2, -0.15) is 0 Å². The fraction of sp³-hybridized carbons (Fsp3) is 0.500. The molecular weight excluding hydrogens is 292 g/mol. The summed E-state index contributed by atoms with van der Waals surface area (Å²) in [5, 5.41) is 6.20. The molecule has 18 heavy (non-hydrogen) atoms. The van der Waals surface area contributed by atoms with E-state index in [4.69, 9.17) is 0 Å². The van der Waals surface area contributed by atoms with Crippen LogP contribution >= 0.6 is 15.9 Å². The van der Waals surface area contributed by atoms with E-state index in [0.29, 0.717) is 12.6 Å². The first-order chi connectivity index (χ1) is 8.63. The topological polar surface area (TPSA) is 41.1 Å². The quantitative estimate of drug-likeness (QED) is 0.897. The van der Waals surface area contributed by atoms with Crippen LogP contribution in [0.25, 0.3) is 0 Å². The minimum atomic E-state index is 0.0249. The Bertz CT molecular complexity index is 405. The first kappa shape index (κ1) is 13.6. The minimum Gasteiger partial charge on any atom is -0.325 e. The van der Waals surface area contributed by atoms with Gasteiger partial charge in [0.15, 0.2) is 0 Å². The van der Waals surface area contributed by atoms with Crippen LogP contribution in [0.3, 0.4) is 0 Å².